The predicted molar refractivity (Wildman–Crippen MR) is 138 cm³/mol. The second-order valence-electron chi connectivity index (χ2n) is 11.3. The van der Waals surface area contributed by atoms with Gasteiger partial charge < -0.3 is 33.2 Å². The summed E-state index contributed by atoms with van der Waals surface area (Å²) in [5.74, 6) is 0.370. The van der Waals surface area contributed by atoms with Gasteiger partial charge in [0.15, 0.2) is 5.58 Å². The third kappa shape index (κ3) is 5.82. The van der Waals surface area contributed by atoms with E-state index in [1.165, 1.54) is 12.1 Å². The summed E-state index contributed by atoms with van der Waals surface area (Å²) in [6, 6.07) is 4.55. The molecule has 206 valence electrons. The van der Waals surface area contributed by atoms with Gasteiger partial charge in [-0.2, -0.15) is 0 Å². The van der Waals surface area contributed by atoms with Gasteiger partial charge in [-0.05, 0) is 70.4 Å². The number of carbonyl (C=O) groups excluding carboxylic acids is 1. The van der Waals surface area contributed by atoms with Crippen molar-refractivity contribution in [3.8, 4) is 0 Å². The van der Waals surface area contributed by atoms with Crippen LogP contribution in [0.3, 0.4) is 0 Å². The van der Waals surface area contributed by atoms with Crippen molar-refractivity contribution in [3.63, 3.8) is 0 Å². The van der Waals surface area contributed by atoms with Gasteiger partial charge >= 0.3 is 5.97 Å². The Morgan fingerprint density at radius 1 is 1.26 bits per heavy atom. The van der Waals surface area contributed by atoms with E-state index in [1.807, 2.05) is 25.3 Å². The Morgan fingerprint density at radius 3 is 2.76 bits per heavy atom. The first-order valence-corrected chi connectivity index (χ1v) is 13.6. The van der Waals surface area contributed by atoms with Gasteiger partial charge in [-0.25, -0.2) is 9.37 Å². The first-order chi connectivity index (χ1) is 17.8. The zero-order valence-electron chi connectivity index (χ0n) is 22.4. The minimum absolute atomic E-state index is 0. The van der Waals surface area contributed by atoms with Crippen molar-refractivity contribution in [2.75, 3.05) is 6.61 Å². The van der Waals surface area contributed by atoms with E-state index in [0.29, 0.717) is 18.6 Å². The van der Waals surface area contributed by atoms with Crippen LogP contribution in [-0.4, -0.2) is 27.3 Å². The second kappa shape index (κ2) is 11.8. The zero-order valence-corrected chi connectivity index (χ0v) is 24.6. The lowest BCUT2D eigenvalue weighted by atomic mass is 9.67. The lowest BCUT2D eigenvalue weighted by molar-refractivity contribution is -0.152. The van der Waals surface area contributed by atoms with Crippen molar-refractivity contribution in [1.29, 1.82) is 0 Å². The molecule has 0 saturated heterocycles. The number of hydrogen-bond donors (Lipinski definition) is 0. The number of halogens is 2. The number of hydrogen-bond acceptors (Lipinski definition) is 6. The van der Waals surface area contributed by atoms with Crippen LogP contribution >= 0.6 is 0 Å². The third-order valence-corrected chi connectivity index (χ3v) is 8.37. The number of benzene rings is 1. The monoisotopic (exact) mass is 636 g/mol. The van der Waals surface area contributed by atoms with E-state index < -0.39 is 0 Å². The van der Waals surface area contributed by atoms with Crippen molar-refractivity contribution in [2.24, 2.45) is 11.3 Å². The molecule has 7 nitrogen and oxygen atoms in total. The summed E-state index contributed by atoms with van der Waals surface area (Å²) in [4.78, 5) is 30.4. The molecule has 0 amide bonds. The molecule has 0 bridgehead atoms. The molecule has 1 aliphatic carbocycles. The van der Waals surface area contributed by atoms with E-state index in [1.54, 1.807) is 6.07 Å². The summed E-state index contributed by atoms with van der Waals surface area (Å²) in [5, 5.41) is 5.14. The molecule has 3 aromatic rings. The number of carbonyl (C=O) groups is 1. The van der Waals surface area contributed by atoms with E-state index in [9.17, 15) is 14.0 Å². The van der Waals surface area contributed by atoms with Crippen LogP contribution in [0.2, 0.25) is 0 Å². The standard InChI is InChI=1S/C29H36FN3O4.HI/c1-18(2)28(35)36-17-29(14-11-22-19(3)31-25-6-4-5-15-33(25)27(22)34)12-9-20(10-13-29)26-23-8-7-21(30)16-24(23)37-32-26;/h7-8,16,18,20H,4-6,9-15,17H2,1-3H3;1H/p-1. The summed E-state index contributed by atoms with van der Waals surface area (Å²) < 4.78 is 26.7. The number of aromatic nitrogens is 3. The van der Waals surface area contributed by atoms with Crippen molar-refractivity contribution in [1.82, 2.24) is 14.7 Å². The van der Waals surface area contributed by atoms with Gasteiger partial charge in [0.2, 0.25) is 0 Å². The Labute approximate surface area is 239 Å². The van der Waals surface area contributed by atoms with E-state index in [-0.39, 0.29) is 58.6 Å². The number of rotatable bonds is 7. The summed E-state index contributed by atoms with van der Waals surface area (Å²) in [7, 11) is 0. The topological polar surface area (TPSA) is 87.2 Å². The van der Waals surface area contributed by atoms with Crippen LogP contribution in [0.1, 0.15) is 87.5 Å². The van der Waals surface area contributed by atoms with Gasteiger partial charge in [-0.1, -0.05) is 19.0 Å². The average molecular weight is 637 g/mol. The van der Waals surface area contributed by atoms with Crippen LogP contribution < -0.4 is 29.5 Å². The number of ether oxygens (including phenoxy) is 1. The van der Waals surface area contributed by atoms with Crippen LogP contribution in [0.25, 0.3) is 11.0 Å². The Kier molecular flexibility index (Phi) is 8.94. The highest BCUT2D eigenvalue weighted by atomic mass is 127. The molecule has 0 N–H and O–H groups in total. The fraction of sp³-hybridized carbons (Fsp3) is 0.586. The molecule has 0 atom stereocenters. The smallest absolute Gasteiger partial charge is 0.308 e. The maximum absolute atomic E-state index is 13.6. The van der Waals surface area contributed by atoms with E-state index >= 15 is 0 Å². The minimum Gasteiger partial charge on any atom is -1.00 e. The van der Waals surface area contributed by atoms with Crippen molar-refractivity contribution < 1.29 is 42.4 Å². The van der Waals surface area contributed by atoms with Crippen LogP contribution in [0.15, 0.2) is 27.5 Å². The minimum atomic E-state index is -0.340. The van der Waals surface area contributed by atoms with Gasteiger partial charge in [-0.15, -0.1) is 0 Å². The molecule has 0 radical (unpaired) electrons. The molecule has 38 heavy (non-hydrogen) atoms. The number of aryl methyl sites for hydroxylation is 2. The van der Waals surface area contributed by atoms with E-state index in [4.69, 9.17) is 14.2 Å². The summed E-state index contributed by atoms with van der Waals surface area (Å²) >= 11 is 0. The first-order valence-electron chi connectivity index (χ1n) is 13.6. The molecule has 3 heterocycles. The Morgan fingerprint density at radius 2 is 2.03 bits per heavy atom. The summed E-state index contributed by atoms with van der Waals surface area (Å²) in [5.41, 5.74) is 2.82. The van der Waals surface area contributed by atoms with E-state index in [2.05, 4.69) is 5.16 Å². The first kappa shape index (κ1) is 28.7. The molecule has 5 rings (SSSR count). The highest BCUT2D eigenvalue weighted by Crippen LogP contribution is 2.47. The maximum atomic E-state index is 13.6. The Hall–Kier alpha value is -2.30. The molecule has 1 aliphatic heterocycles. The zero-order chi connectivity index (χ0) is 26.2. The van der Waals surface area contributed by atoms with Gasteiger partial charge in [0.05, 0.1) is 18.2 Å². The molecule has 0 spiro atoms. The van der Waals surface area contributed by atoms with Gasteiger partial charge in [0, 0.05) is 47.0 Å². The fourth-order valence-electron chi connectivity index (χ4n) is 6.00. The maximum Gasteiger partial charge on any atom is 0.308 e. The van der Waals surface area contributed by atoms with Crippen LogP contribution in [0, 0.1) is 24.1 Å². The molecule has 2 aliphatic rings. The molecule has 9 heteroatoms. The van der Waals surface area contributed by atoms with Crippen molar-refractivity contribution in [2.45, 2.75) is 91.0 Å². The lowest BCUT2D eigenvalue weighted by Crippen LogP contribution is -3.00. The summed E-state index contributed by atoms with van der Waals surface area (Å²) in [6.07, 6.45) is 7.73. The molecule has 0 unspecified atom stereocenters. The Balaban J connectivity index is 0.00000336. The molecule has 2 aromatic heterocycles. The fourth-order valence-corrected chi connectivity index (χ4v) is 6.00. The van der Waals surface area contributed by atoms with Crippen LogP contribution in [-0.2, 0) is 28.9 Å². The SMILES string of the molecule is Cc1nc2n(c(=O)c1CCC1(COC(=O)C(C)C)CCC(c3noc4cc(F)ccc34)CC1)CCCC2.[I-]. The van der Waals surface area contributed by atoms with Crippen molar-refractivity contribution in [3.05, 3.63) is 57.1 Å². The lowest BCUT2D eigenvalue weighted by Gasteiger charge is -2.39. The number of esters is 1. The molecule has 1 aromatic carbocycles. The summed E-state index contributed by atoms with van der Waals surface area (Å²) in [6.45, 7) is 6.71. The third-order valence-electron chi connectivity index (χ3n) is 8.37. The highest BCUT2D eigenvalue weighted by molar-refractivity contribution is 5.79. The normalized spacial score (nSPS) is 21.2. The van der Waals surface area contributed by atoms with Crippen LogP contribution in [0.5, 0.6) is 0 Å². The van der Waals surface area contributed by atoms with Gasteiger partial charge in [0.1, 0.15) is 11.6 Å². The average Bonchev–Trinajstić information content (AvgIpc) is 3.30. The highest BCUT2D eigenvalue weighted by Gasteiger charge is 2.38. The second-order valence-corrected chi connectivity index (χ2v) is 11.3. The Bertz CT molecular complexity index is 1360. The predicted octanol–water partition coefficient (Wildman–Crippen LogP) is 2.65. The van der Waals surface area contributed by atoms with Gasteiger partial charge in [-0.3, -0.25) is 14.2 Å². The van der Waals surface area contributed by atoms with Crippen molar-refractivity contribution >= 4 is 16.9 Å². The van der Waals surface area contributed by atoms with Crippen LogP contribution in [0.4, 0.5) is 4.39 Å². The quantitative estimate of drug-likeness (QED) is 0.293. The molecule has 1 saturated carbocycles. The van der Waals surface area contributed by atoms with Gasteiger partial charge in [0.25, 0.3) is 5.56 Å². The molecular formula is C29H36FIN3O4-. The largest absolute Gasteiger partial charge is 1.00 e. The molecule has 1 fully saturated rings. The van der Waals surface area contributed by atoms with E-state index in [0.717, 1.165) is 86.1 Å². The number of fused-ring (bicyclic) bond motifs is 2. The number of nitrogens with zero attached hydrogens (tertiary/aromatic N) is 3. The molecular weight excluding hydrogens is 600 g/mol.